The Labute approximate surface area is 110 Å². The largest absolute Gasteiger partial charge is 0.383 e. The molecule has 96 valence electrons. The molecule has 3 N–H and O–H groups in total. The lowest BCUT2D eigenvalue weighted by Crippen LogP contribution is -2.07. The predicted molar refractivity (Wildman–Crippen MR) is 73.8 cm³/mol. The molecule has 1 aliphatic rings. The first-order valence-electron chi connectivity index (χ1n) is 6.31. The maximum atomic E-state index is 5.91. The summed E-state index contributed by atoms with van der Waals surface area (Å²) in [5, 5.41) is 8.80. The maximum Gasteiger partial charge on any atom is 0.142 e. The van der Waals surface area contributed by atoms with E-state index in [0.717, 1.165) is 30.3 Å². The van der Waals surface area contributed by atoms with Gasteiger partial charge in [0.05, 0.1) is 0 Å². The van der Waals surface area contributed by atoms with E-state index in [1.807, 2.05) is 23.1 Å². The van der Waals surface area contributed by atoms with Gasteiger partial charge in [-0.15, -0.1) is 0 Å². The van der Waals surface area contributed by atoms with Gasteiger partial charge in [0.25, 0.3) is 0 Å². The smallest absolute Gasteiger partial charge is 0.142 e. The molecule has 18 heavy (non-hydrogen) atoms. The number of nitrogens with one attached hydrogen (secondary N) is 1. The Morgan fingerprint density at radius 1 is 1.50 bits per heavy atom. The van der Waals surface area contributed by atoms with Crippen molar-refractivity contribution in [3.05, 3.63) is 24.0 Å². The summed E-state index contributed by atoms with van der Waals surface area (Å²) in [5.74, 6) is 1.37. The molecule has 2 aromatic heterocycles. The van der Waals surface area contributed by atoms with Gasteiger partial charge in [0, 0.05) is 31.0 Å². The van der Waals surface area contributed by atoms with Crippen molar-refractivity contribution in [2.24, 2.45) is 0 Å². The van der Waals surface area contributed by atoms with Gasteiger partial charge in [0.2, 0.25) is 0 Å². The third-order valence-electron chi connectivity index (χ3n) is 3.15. The van der Waals surface area contributed by atoms with Crippen LogP contribution in [0.25, 0.3) is 0 Å². The molecule has 0 saturated heterocycles. The first-order valence-corrected chi connectivity index (χ1v) is 7.08. The summed E-state index contributed by atoms with van der Waals surface area (Å²) < 4.78 is 6.19. The first-order chi connectivity index (χ1) is 8.84. The highest BCUT2D eigenvalue weighted by Crippen LogP contribution is 2.47. The Balaban J connectivity index is 1.51. The molecule has 0 radical (unpaired) electrons. The molecule has 1 fully saturated rings. The van der Waals surface area contributed by atoms with Gasteiger partial charge in [-0.25, -0.2) is 0 Å². The van der Waals surface area contributed by atoms with Gasteiger partial charge in [-0.05, 0) is 42.8 Å². The van der Waals surface area contributed by atoms with E-state index in [1.54, 1.807) is 0 Å². The lowest BCUT2D eigenvalue weighted by molar-refractivity contribution is 0.592. The van der Waals surface area contributed by atoms with Gasteiger partial charge in [-0.2, -0.15) is 9.47 Å². The van der Waals surface area contributed by atoms with Gasteiger partial charge >= 0.3 is 0 Å². The molecule has 6 heteroatoms. The minimum Gasteiger partial charge on any atom is -0.383 e. The van der Waals surface area contributed by atoms with Crippen LogP contribution >= 0.6 is 11.5 Å². The summed E-state index contributed by atoms with van der Waals surface area (Å²) in [6.07, 6.45) is 7.35. The van der Waals surface area contributed by atoms with E-state index in [2.05, 4.69) is 14.8 Å². The quantitative estimate of drug-likeness (QED) is 0.785. The number of hydrogen-bond donors (Lipinski definition) is 2. The molecule has 0 aliphatic heterocycles. The molecular weight excluding hydrogens is 246 g/mol. The third-order valence-corrected chi connectivity index (χ3v) is 3.99. The molecule has 3 rings (SSSR count). The lowest BCUT2D eigenvalue weighted by atomic mass is 10.2. The SMILES string of the molecule is Nc1nsc(NCCCn2cccn2)c1C1CC1. The van der Waals surface area contributed by atoms with Gasteiger partial charge in [0.15, 0.2) is 0 Å². The number of hydrogen-bond acceptors (Lipinski definition) is 5. The van der Waals surface area contributed by atoms with Crippen LogP contribution in [0.4, 0.5) is 10.8 Å². The molecular formula is C12H17N5S. The van der Waals surface area contributed by atoms with Crippen molar-refractivity contribution in [3.63, 3.8) is 0 Å². The summed E-state index contributed by atoms with van der Waals surface area (Å²) in [5.41, 5.74) is 7.16. The van der Waals surface area contributed by atoms with Crippen LogP contribution in [0, 0.1) is 0 Å². The predicted octanol–water partition coefficient (Wildman–Crippen LogP) is 2.30. The van der Waals surface area contributed by atoms with Crippen LogP contribution in [0.15, 0.2) is 18.5 Å². The Bertz CT molecular complexity index is 501. The fourth-order valence-corrected chi connectivity index (χ4v) is 2.90. The molecule has 2 heterocycles. The minimum absolute atomic E-state index is 0.650. The van der Waals surface area contributed by atoms with Crippen molar-refractivity contribution in [2.45, 2.75) is 31.7 Å². The van der Waals surface area contributed by atoms with Crippen LogP contribution in [-0.4, -0.2) is 20.7 Å². The van der Waals surface area contributed by atoms with E-state index in [9.17, 15) is 0 Å². The zero-order chi connectivity index (χ0) is 12.4. The highest BCUT2D eigenvalue weighted by Gasteiger charge is 2.30. The zero-order valence-corrected chi connectivity index (χ0v) is 11.0. The van der Waals surface area contributed by atoms with Crippen LogP contribution < -0.4 is 11.1 Å². The van der Waals surface area contributed by atoms with Crippen LogP contribution in [0.1, 0.15) is 30.7 Å². The summed E-state index contributed by atoms with van der Waals surface area (Å²) in [6, 6.07) is 1.95. The van der Waals surface area contributed by atoms with Crippen LogP contribution in [-0.2, 0) is 6.54 Å². The average molecular weight is 263 g/mol. The van der Waals surface area contributed by atoms with E-state index in [1.165, 1.54) is 29.9 Å². The topological polar surface area (TPSA) is 68.8 Å². The molecule has 0 unspecified atom stereocenters. The van der Waals surface area contributed by atoms with E-state index in [0.29, 0.717) is 5.92 Å². The van der Waals surface area contributed by atoms with Crippen molar-refractivity contribution in [3.8, 4) is 0 Å². The number of rotatable bonds is 6. The van der Waals surface area contributed by atoms with Crippen LogP contribution in [0.5, 0.6) is 0 Å². The fraction of sp³-hybridized carbons (Fsp3) is 0.500. The number of nitrogens with two attached hydrogens (primary N) is 1. The molecule has 0 amide bonds. The number of nitrogens with zero attached hydrogens (tertiary/aromatic N) is 3. The number of aromatic nitrogens is 3. The molecule has 0 spiro atoms. The van der Waals surface area contributed by atoms with Crippen molar-refractivity contribution < 1.29 is 0 Å². The molecule has 0 aromatic carbocycles. The molecule has 1 saturated carbocycles. The minimum atomic E-state index is 0.650. The Morgan fingerprint density at radius 2 is 2.39 bits per heavy atom. The van der Waals surface area contributed by atoms with E-state index < -0.39 is 0 Å². The standard InChI is InChI=1S/C12H17N5S/c13-11-10(9-3-4-9)12(18-16-11)14-5-1-7-17-8-2-6-15-17/h2,6,8-9,14H,1,3-5,7H2,(H2,13,16). The molecule has 0 bridgehead atoms. The lowest BCUT2D eigenvalue weighted by Gasteiger charge is -2.06. The Morgan fingerprint density at radius 3 is 3.11 bits per heavy atom. The molecule has 2 aromatic rings. The Kier molecular flexibility index (Phi) is 3.19. The van der Waals surface area contributed by atoms with E-state index >= 15 is 0 Å². The number of nitrogen functional groups attached to an aromatic ring is 1. The first kappa shape index (κ1) is 11.5. The van der Waals surface area contributed by atoms with Gasteiger partial charge < -0.3 is 11.1 Å². The van der Waals surface area contributed by atoms with Crippen molar-refractivity contribution in [2.75, 3.05) is 17.6 Å². The third kappa shape index (κ3) is 2.48. The number of anilines is 2. The number of aryl methyl sites for hydroxylation is 1. The second-order valence-electron chi connectivity index (χ2n) is 4.63. The van der Waals surface area contributed by atoms with E-state index in [-0.39, 0.29) is 0 Å². The van der Waals surface area contributed by atoms with Crippen molar-refractivity contribution >= 4 is 22.4 Å². The zero-order valence-electron chi connectivity index (χ0n) is 10.2. The van der Waals surface area contributed by atoms with Crippen molar-refractivity contribution in [1.82, 2.24) is 14.2 Å². The highest BCUT2D eigenvalue weighted by molar-refractivity contribution is 7.10. The monoisotopic (exact) mass is 263 g/mol. The summed E-state index contributed by atoms with van der Waals surface area (Å²) in [7, 11) is 0. The second-order valence-corrected chi connectivity index (χ2v) is 5.41. The normalized spacial score (nSPS) is 14.9. The van der Waals surface area contributed by atoms with Crippen molar-refractivity contribution in [1.29, 1.82) is 0 Å². The highest BCUT2D eigenvalue weighted by atomic mass is 32.1. The van der Waals surface area contributed by atoms with E-state index in [4.69, 9.17) is 5.73 Å². The average Bonchev–Trinajstić information content (AvgIpc) is 2.93. The molecule has 0 atom stereocenters. The maximum absolute atomic E-state index is 5.91. The molecule has 5 nitrogen and oxygen atoms in total. The van der Waals surface area contributed by atoms with Gasteiger partial charge in [-0.1, -0.05) is 0 Å². The second kappa shape index (κ2) is 4.97. The summed E-state index contributed by atoms with van der Waals surface area (Å²) in [6.45, 7) is 1.87. The van der Waals surface area contributed by atoms with Gasteiger partial charge in [-0.3, -0.25) is 4.68 Å². The fourth-order valence-electron chi connectivity index (χ4n) is 2.08. The Hall–Kier alpha value is -1.56. The van der Waals surface area contributed by atoms with Gasteiger partial charge in [0.1, 0.15) is 10.8 Å². The van der Waals surface area contributed by atoms with Crippen LogP contribution in [0.3, 0.4) is 0 Å². The summed E-state index contributed by atoms with van der Waals surface area (Å²) >= 11 is 1.48. The van der Waals surface area contributed by atoms with Crippen LogP contribution in [0.2, 0.25) is 0 Å². The summed E-state index contributed by atoms with van der Waals surface area (Å²) in [4.78, 5) is 0. The molecule has 1 aliphatic carbocycles.